The van der Waals surface area contributed by atoms with Gasteiger partial charge in [0, 0.05) is 31.7 Å². The van der Waals surface area contributed by atoms with Crippen molar-refractivity contribution in [2.24, 2.45) is 4.99 Å². The Labute approximate surface area is 182 Å². The molecule has 4 rings (SSSR count). The van der Waals surface area contributed by atoms with Crippen LogP contribution in [0.1, 0.15) is 23.7 Å². The molecule has 1 aromatic heterocycles. The van der Waals surface area contributed by atoms with Crippen LogP contribution < -0.4 is 5.32 Å². The fourth-order valence-corrected chi connectivity index (χ4v) is 3.62. The normalized spacial score (nSPS) is 16.7. The molecule has 1 N–H and O–H groups in total. The minimum absolute atomic E-state index is 0. The van der Waals surface area contributed by atoms with Crippen molar-refractivity contribution in [1.29, 1.82) is 0 Å². The van der Waals surface area contributed by atoms with Crippen molar-refractivity contribution in [2.75, 3.05) is 20.1 Å². The zero-order valence-electron chi connectivity index (χ0n) is 15.9. The van der Waals surface area contributed by atoms with Gasteiger partial charge in [-0.25, -0.2) is 0 Å². The van der Waals surface area contributed by atoms with E-state index in [0.29, 0.717) is 12.5 Å². The van der Waals surface area contributed by atoms with Gasteiger partial charge in [-0.05, 0) is 24.1 Å². The van der Waals surface area contributed by atoms with Crippen LogP contribution in [0.5, 0.6) is 0 Å². The van der Waals surface area contributed by atoms with Crippen molar-refractivity contribution < 1.29 is 0 Å². The molecule has 1 aliphatic rings. The van der Waals surface area contributed by atoms with Crippen LogP contribution in [0.4, 0.5) is 0 Å². The van der Waals surface area contributed by atoms with Crippen molar-refractivity contribution >= 4 is 29.9 Å². The number of halogens is 1. The highest BCUT2D eigenvalue weighted by Crippen LogP contribution is 2.26. The van der Waals surface area contributed by atoms with E-state index in [2.05, 4.69) is 55.7 Å². The molecule has 0 spiro atoms. The van der Waals surface area contributed by atoms with Gasteiger partial charge in [0.15, 0.2) is 11.8 Å². The van der Waals surface area contributed by atoms with Gasteiger partial charge in [-0.1, -0.05) is 48.5 Å². The van der Waals surface area contributed by atoms with E-state index in [0.717, 1.165) is 37.0 Å². The van der Waals surface area contributed by atoms with Gasteiger partial charge in [0.1, 0.15) is 6.33 Å². The van der Waals surface area contributed by atoms with Crippen LogP contribution >= 0.6 is 24.0 Å². The molecule has 0 bridgehead atoms. The van der Waals surface area contributed by atoms with Crippen LogP contribution in [0, 0.1) is 0 Å². The number of guanidine groups is 1. The largest absolute Gasteiger partial charge is 0.349 e. The second kappa shape index (κ2) is 9.68. The first-order valence-electron chi connectivity index (χ1n) is 9.30. The maximum absolute atomic E-state index is 4.47. The molecule has 2 aromatic carbocycles. The van der Waals surface area contributed by atoms with Gasteiger partial charge in [0.25, 0.3) is 0 Å². The van der Waals surface area contributed by atoms with Crippen LogP contribution in [0.25, 0.3) is 5.69 Å². The quantitative estimate of drug-likeness (QED) is 0.347. The number of para-hydroxylation sites is 1. The van der Waals surface area contributed by atoms with E-state index in [-0.39, 0.29) is 24.0 Å². The van der Waals surface area contributed by atoms with Crippen molar-refractivity contribution in [3.8, 4) is 5.69 Å². The third kappa shape index (κ3) is 4.52. The smallest absolute Gasteiger partial charge is 0.194 e. The Bertz CT molecular complexity index is 894. The van der Waals surface area contributed by atoms with Gasteiger partial charge in [-0.15, -0.1) is 34.2 Å². The summed E-state index contributed by atoms with van der Waals surface area (Å²) < 4.78 is 2.00. The maximum atomic E-state index is 4.47. The highest BCUT2D eigenvalue weighted by atomic mass is 127. The highest BCUT2D eigenvalue weighted by Gasteiger charge is 2.26. The lowest BCUT2D eigenvalue weighted by Crippen LogP contribution is -2.40. The van der Waals surface area contributed by atoms with E-state index in [1.165, 1.54) is 5.56 Å². The summed E-state index contributed by atoms with van der Waals surface area (Å²) in [6.45, 7) is 2.56. The Morgan fingerprint density at radius 2 is 1.82 bits per heavy atom. The fourth-order valence-electron chi connectivity index (χ4n) is 3.62. The molecular formula is C21H25IN6. The molecule has 0 saturated carbocycles. The van der Waals surface area contributed by atoms with E-state index >= 15 is 0 Å². The first kappa shape index (κ1) is 20.3. The minimum atomic E-state index is 0. The molecule has 1 aliphatic heterocycles. The lowest BCUT2D eigenvalue weighted by Gasteiger charge is -2.21. The first-order valence-corrected chi connectivity index (χ1v) is 9.30. The topological polar surface area (TPSA) is 58.3 Å². The van der Waals surface area contributed by atoms with Crippen LogP contribution in [0.2, 0.25) is 0 Å². The summed E-state index contributed by atoms with van der Waals surface area (Å²) in [5, 5.41) is 11.8. The van der Waals surface area contributed by atoms with Gasteiger partial charge in [0.05, 0.1) is 6.54 Å². The zero-order valence-corrected chi connectivity index (χ0v) is 18.2. The van der Waals surface area contributed by atoms with Crippen molar-refractivity contribution in [3.63, 3.8) is 0 Å². The van der Waals surface area contributed by atoms with E-state index in [4.69, 9.17) is 0 Å². The Balaban J connectivity index is 0.00000225. The summed E-state index contributed by atoms with van der Waals surface area (Å²) in [4.78, 5) is 6.79. The molecule has 28 heavy (non-hydrogen) atoms. The fraction of sp³-hybridized carbons (Fsp3) is 0.286. The van der Waals surface area contributed by atoms with Crippen LogP contribution in [0.3, 0.4) is 0 Å². The number of nitrogens with zero attached hydrogens (tertiary/aromatic N) is 5. The summed E-state index contributed by atoms with van der Waals surface area (Å²) in [7, 11) is 1.83. The van der Waals surface area contributed by atoms with E-state index in [1.807, 2.05) is 41.9 Å². The zero-order chi connectivity index (χ0) is 18.5. The Hall–Kier alpha value is -2.42. The predicted molar refractivity (Wildman–Crippen MR) is 122 cm³/mol. The molecule has 1 atom stereocenters. The summed E-state index contributed by atoms with van der Waals surface area (Å²) in [5.41, 5.74) is 2.46. The molecule has 3 aromatic rings. The van der Waals surface area contributed by atoms with Gasteiger partial charge in [0.2, 0.25) is 0 Å². The Kier molecular flexibility index (Phi) is 7.02. The first-order chi connectivity index (χ1) is 13.3. The van der Waals surface area contributed by atoms with E-state index in [9.17, 15) is 0 Å². The highest BCUT2D eigenvalue weighted by molar-refractivity contribution is 14.0. The molecule has 146 valence electrons. The lowest BCUT2D eigenvalue weighted by molar-refractivity contribution is 0.484. The van der Waals surface area contributed by atoms with Crippen molar-refractivity contribution in [1.82, 2.24) is 25.0 Å². The van der Waals surface area contributed by atoms with Crippen LogP contribution in [-0.4, -0.2) is 45.8 Å². The van der Waals surface area contributed by atoms with Crippen LogP contribution in [0.15, 0.2) is 72.0 Å². The Morgan fingerprint density at radius 3 is 2.54 bits per heavy atom. The summed E-state index contributed by atoms with van der Waals surface area (Å²) in [5.74, 6) is 2.33. The second-order valence-electron chi connectivity index (χ2n) is 6.70. The molecule has 0 aliphatic carbocycles. The van der Waals surface area contributed by atoms with Crippen molar-refractivity contribution in [2.45, 2.75) is 18.9 Å². The number of likely N-dealkylation sites (tertiary alicyclic amines) is 1. The van der Waals surface area contributed by atoms with Gasteiger partial charge >= 0.3 is 0 Å². The SMILES string of the molecule is CN=C(NCc1nncn1-c1ccccc1)N1CCC(c2ccccc2)C1.I. The molecular weight excluding hydrogens is 463 g/mol. The maximum Gasteiger partial charge on any atom is 0.194 e. The minimum Gasteiger partial charge on any atom is -0.349 e. The van der Waals surface area contributed by atoms with Gasteiger partial charge < -0.3 is 10.2 Å². The summed E-state index contributed by atoms with van der Waals surface area (Å²) >= 11 is 0. The number of hydrogen-bond acceptors (Lipinski definition) is 3. The van der Waals surface area contributed by atoms with Gasteiger partial charge in [-0.3, -0.25) is 9.56 Å². The molecule has 0 radical (unpaired) electrons. The number of benzene rings is 2. The average molecular weight is 488 g/mol. The number of aromatic nitrogens is 3. The molecule has 7 heteroatoms. The second-order valence-corrected chi connectivity index (χ2v) is 6.70. The van der Waals surface area contributed by atoms with E-state index in [1.54, 1.807) is 6.33 Å². The van der Waals surface area contributed by atoms with Gasteiger partial charge in [-0.2, -0.15) is 0 Å². The standard InChI is InChI=1S/C21H24N6.HI/c1-22-21(26-13-12-18(15-26)17-8-4-2-5-9-17)23-14-20-25-24-16-27(20)19-10-6-3-7-11-19;/h2-11,16,18H,12-15H2,1H3,(H,22,23);1H. The van der Waals surface area contributed by atoms with Crippen LogP contribution in [-0.2, 0) is 6.54 Å². The monoisotopic (exact) mass is 488 g/mol. The third-order valence-corrected chi connectivity index (χ3v) is 5.03. The average Bonchev–Trinajstić information content (AvgIpc) is 3.40. The number of rotatable bonds is 4. The summed E-state index contributed by atoms with van der Waals surface area (Å²) in [6.07, 6.45) is 2.89. The van der Waals surface area contributed by atoms with Crippen molar-refractivity contribution in [3.05, 3.63) is 78.4 Å². The third-order valence-electron chi connectivity index (χ3n) is 5.03. The predicted octanol–water partition coefficient (Wildman–Crippen LogP) is 3.45. The Morgan fingerprint density at radius 1 is 1.11 bits per heavy atom. The summed E-state index contributed by atoms with van der Waals surface area (Å²) in [6, 6.07) is 20.9. The number of aliphatic imine (C=N–C) groups is 1. The lowest BCUT2D eigenvalue weighted by atomic mass is 9.99. The molecule has 1 saturated heterocycles. The molecule has 2 heterocycles. The molecule has 1 unspecified atom stereocenters. The number of nitrogens with one attached hydrogen (secondary N) is 1. The molecule has 6 nitrogen and oxygen atoms in total. The van der Waals surface area contributed by atoms with E-state index < -0.39 is 0 Å². The molecule has 1 fully saturated rings. The molecule has 0 amide bonds. The number of hydrogen-bond donors (Lipinski definition) is 1.